The molecule has 1 aromatic rings. The number of hydrogen-bond donors (Lipinski definition) is 2. The summed E-state index contributed by atoms with van der Waals surface area (Å²) in [7, 11) is 0. The number of halogens is 1. The van der Waals surface area contributed by atoms with Crippen molar-refractivity contribution in [3.63, 3.8) is 0 Å². The molecule has 1 saturated heterocycles. The quantitative estimate of drug-likeness (QED) is 0.846. The van der Waals surface area contributed by atoms with Crippen LogP contribution in [0, 0.1) is 18.2 Å². The number of amides is 1. The average molecular weight is 250 g/mol. The molecule has 1 amide bonds. The van der Waals surface area contributed by atoms with Crippen LogP contribution < -0.4 is 10.6 Å². The highest BCUT2D eigenvalue weighted by molar-refractivity contribution is 5.95. The number of nitrogens with one attached hydrogen (secondary N) is 2. The van der Waals surface area contributed by atoms with E-state index in [1.54, 1.807) is 6.07 Å². The number of benzene rings is 1. The van der Waals surface area contributed by atoms with Crippen LogP contribution in [0.5, 0.6) is 0 Å². The van der Waals surface area contributed by atoms with Gasteiger partial charge in [-0.05, 0) is 50.6 Å². The normalized spacial score (nSPS) is 18.4. The Bertz CT molecular complexity index is 453. The molecular formula is C14H19FN2O. The predicted molar refractivity (Wildman–Crippen MR) is 70.0 cm³/mol. The summed E-state index contributed by atoms with van der Waals surface area (Å²) in [6.45, 7) is 5.54. The number of carbonyl (C=O) groups excluding carboxylic acids is 1. The zero-order valence-electron chi connectivity index (χ0n) is 10.8. The predicted octanol–water partition coefficient (Wildman–Crippen LogP) is 2.46. The first kappa shape index (κ1) is 13.0. The summed E-state index contributed by atoms with van der Waals surface area (Å²) in [6, 6.07) is 4.45. The smallest absolute Gasteiger partial charge is 0.230 e. The lowest BCUT2D eigenvalue weighted by Crippen LogP contribution is -2.42. The topological polar surface area (TPSA) is 41.1 Å². The van der Waals surface area contributed by atoms with Gasteiger partial charge in [-0.3, -0.25) is 4.79 Å². The van der Waals surface area contributed by atoms with Gasteiger partial charge in [-0.1, -0.05) is 13.0 Å². The largest absolute Gasteiger partial charge is 0.325 e. The molecule has 0 bridgehead atoms. The molecule has 0 aromatic heterocycles. The van der Waals surface area contributed by atoms with Crippen molar-refractivity contribution < 1.29 is 9.18 Å². The highest BCUT2D eigenvalue weighted by atomic mass is 19.1. The Morgan fingerprint density at radius 1 is 1.39 bits per heavy atom. The Kier molecular flexibility index (Phi) is 3.66. The number of anilines is 1. The van der Waals surface area contributed by atoms with Crippen LogP contribution in [0.15, 0.2) is 18.2 Å². The van der Waals surface area contributed by atoms with E-state index in [0.717, 1.165) is 31.5 Å². The molecule has 1 aromatic carbocycles. The minimum atomic E-state index is -0.357. The molecule has 18 heavy (non-hydrogen) atoms. The molecule has 2 N–H and O–H groups in total. The van der Waals surface area contributed by atoms with Crippen LogP contribution in [0.2, 0.25) is 0 Å². The Morgan fingerprint density at radius 3 is 2.72 bits per heavy atom. The zero-order chi connectivity index (χ0) is 13.2. The van der Waals surface area contributed by atoms with Crippen LogP contribution in [0.25, 0.3) is 0 Å². The maximum atomic E-state index is 13.2. The third-order valence-electron chi connectivity index (χ3n) is 3.70. The van der Waals surface area contributed by atoms with Gasteiger partial charge in [-0.2, -0.15) is 0 Å². The highest BCUT2D eigenvalue weighted by Gasteiger charge is 2.34. The molecule has 1 aliphatic rings. The van der Waals surface area contributed by atoms with Gasteiger partial charge >= 0.3 is 0 Å². The molecule has 0 aliphatic carbocycles. The second kappa shape index (κ2) is 5.06. The standard InChI is InChI=1S/C14H19FN2O/c1-10-3-4-11(15)9-12(10)17-13(18)14(2)5-7-16-8-6-14/h3-4,9,16H,5-8H2,1-2H3,(H,17,18). The second-order valence-electron chi connectivity index (χ2n) is 5.22. The molecule has 1 aliphatic heterocycles. The van der Waals surface area contributed by atoms with E-state index in [1.165, 1.54) is 12.1 Å². The fourth-order valence-corrected chi connectivity index (χ4v) is 2.21. The van der Waals surface area contributed by atoms with Crippen LogP contribution in [0.1, 0.15) is 25.3 Å². The fourth-order valence-electron chi connectivity index (χ4n) is 2.21. The SMILES string of the molecule is Cc1ccc(F)cc1NC(=O)C1(C)CCNCC1. The Morgan fingerprint density at radius 2 is 2.06 bits per heavy atom. The third-order valence-corrected chi connectivity index (χ3v) is 3.70. The van der Waals surface area contributed by atoms with Gasteiger partial charge in [0.15, 0.2) is 0 Å². The molecule has 3 nitrogen and oxygen atoms in total. The first-order valence-electron chi connectivity index (χ1n) is 6.30. The molecule has 0 radical (unpaired) electrons. The van der Waals surface area contributed by atoms with Crippen LogP contribution in [-0.2, 0) is 4.79 Å². The molecule has 1 fully saturated rings. The zero-order valence-corrected chi connectivity index (χ0v) is 10.8. The Labute approximate surface area is 107 Å². The minimum Gasteiger partial charge on any atom is -0.325 e. The summed E-state index contributed by atoms with van der Waals surface area (Å²) in [5.74, 6) is -0.343. The van der Waals surface area contributed by atoms with E-state index in [0.29, 0.717) is 5.69 Å². The van der Waals surface area contributed by atoms with Gasteiger partial charge in [0, 0.05) is 11.1 Å². The summed E-state index contributed by atoms with van der Waals surface area (Å²) in [5, 5.41) is 6.09. The number of carbonyl (C=O) groups is 1. The van der Waals surface area contributed by atoms with Crippen molar-refractivity contribution in [1.29, 1.82) is 0 Å². The summed E-state index contributed by atoms with van der Waals surface area (Å²) in [5.41, 5.74) is 1.09. The van der Waals surface area contributed by atoms with Gasteiger partial charge < -0.3 is 10.6 Å². The van der Waals surface area contributed by atoms with E-state index in [4.69, 9.17) is 0 Å². The van der Waals surface area contributed by atoms with Crippen LogP contribution >= 0.6 is 0 Å². The fraction of sp³-hybridized carbons (Fsp3) is 0.500. The van der Waals surface area contributed by atoms with Crippen molar-refractivity contribution >= 4 is 11.6 Å². The maximum absolute atomic E-state index is 13.2. The van der Waals surface area contributed by atoms with Gasteiger partial charge in [0.05, 0.1) is 0 Å². The maximum Gasteiger partial charge on any atom is 0.230 e. The highest BCUT2D eigenvalue weighted by Crippen LogP contribution is 2.30. The second-order valence-corrected chi connectivity index (χ2v) is 5.22. The number of aryl methyl sites for hydroxylation is 1. The van der Waals surface area contributed by atoms with Gasteiger partial charge in [0.25, 0.3) is 0 Å². The van der Waals surface area contributed by atoms with Crippen LogP contribution in [-0.4, -0.2) is 19.0 Å². The first-order valence-corrected chi connectivity index (χ1v) is 6.30. The van der Waals surface area contributed by atoms with Crippen molar-refractivity contribution in [2.24, 2.45) is 5.41 Å². The lowest BCUT2D eigenvalue weighted by Gasteiger charge is -2.32. The summed E-state index contributed by atoms with van der Waals surface area (Å²) in [4.78, 5) is 12.3. The van der Waals surface area contributed by atoms with E-state index >= 15 is 0 Å². The Hall–Kier alpha value is -1.42. The summed E-state index contributed by atoms with van der Waals surface area (Å²) in [6.07, 6.45) is 1.63. The van der Waals surface area contributed by atoms with Gasteiger partial charge in [-0.25, -0.2) is 4.39 Å². The number of piperidine rings is 1. The Balaban J connectivity index is 2.13. The lowest BCUT2D eigenvalue weighted by molar-refractivity contribution is -0.126. The molecule has 4 heteroatoms. The summed E-state index contributed by atoms with van der Waals surface area (Å²) < 4.78 is 13.2. The third kappa shape index (κ3) is 2.70. The van der Waals surface area contributed by atoms with E-state index in [-0.39, 0.29) is 17.1 Å². The molecule has 2 rings (SSSR count). The molecule has 0 atom stereocenters. The van der Waals surface area contributed by atoms with Gasteiger partial charge in [0.2, 0.25) is 5.91 Å². The van der Waals surface area contributed by atoms with Crippen molar-refractivity contribution in [1.82, 2.24) is 5.32 Å². The molecule has 0 unspecified atom stereocenters. The molecular weight excluding hydrogens is 231 g/mol. The minimum absolute atomic E-state index is 0.0160. The molecule has 0 saturated carbocycles. The van der Waals surface area contributed by atoms with Crippen molar-refractivity contribution in [2.75, 3.05) is 18.4 Å². The average Bonchev–Trinajstić information content (AvgIpc) is 2.35. The van der Waals surface area contributed by atoms with Crippen molar-refractivity contribution in [2.45, 2.75) is 26.7 Å². The first-order chi connectivity index (χ1) is 8.51. The van der Waals surface area contributed by atoms with Gasteiger partial charge in [-0.15, -0.1) is 0 Å². The molecule has 98 valence electrons. The number of rotatable bonds is 2. The van der Waals surface area contributed by atoms with Gasteiger partial charge in [0.1, 0.15) is 5.82 Å². The molecule has 1 heterocycles. The summed E-state index contributed by atoms with van der Waals surface area (Å²) >= 11 is 0. The molecule has 0 spiro atoms. The van der Waals surface area contributed by atoms with Crippen molar-refractivity contribution in [3.8, 4) is 0 Å². The van der Waals surface area contributed by atoms with E-state index in [2.05, 4.69) is 10.6 Å². The van der Waals surface area contributed by atoms with Crippen molar-refractivity contribution in [3.05, 3.63) is 29.6 Å². The van der Waals surface area contributed by atoms with E-state index in [9.17, 15) is 9.18 Å². The van der Waals surface area contributed by atoms with Crippen LogP contribution in [0.4, 0.5) is 10.1 Å². The number of hydrogen-bond acceptors (Lipinski definition) is 2. The van der Waals surface area contributed by atoms with E-state index < -0.39 is 0 Å². The van der Waals surface area contributed by atoms with E-state index in [1.807, 2.05) is 13.8 Å². The van der Waals surface area contributed by atoms with Crippen LogP contribution in [0.3, 0.4) is 0 Å². The monoisotopic (exact) mass is 250 g/mol. The lowest BCUT2D eigenvalue weighted by atomic mass is 9.80.